The Kier molecular flexibility index (Phi) is 7.60. The predicted octanol–water partition coefficient (Wildman–Crippen LogP) is 4.51. The first-order valence-corrected chi connectivity index (χ1v) is 13.1. The third kappa shape index (κ3) is 5.65. The van der Waals surface area contributed by atoms with Crippen LogP contribution in [0, 0.1) is 5.82 Å². The number of rotatable bonds is 7. The van der Waals surface area contributed by atoms with Crippen molar-refractivity contribution in [1.82, 2.24) is 19.6 Å². The molecule has 0 saturated carbocycles. The molecular formula is C29H29ClFN5O2. The van der Waals surface area contributed by atoms with Crippen LogP contribution < -0.4 is 10.2 Å². The monoisotopic (exact) mass is 533 g/mol. The number of imidazole rings is 1. The summed E-state index contributed by atoms with van der Waals surface area (Å²) in [5, 5.41) is 3.55. The SMILES string of the molecule is CCc1nc2ccc(Cl)cn2c1C(=O)NCc1ccc(N2CCN(C(=O)Cc3ccc(F)cc3)CC2)cc1. The van der Waals surface area contributed by atoms with Gasteiger partial charge in [0.2, 0.25) is 5.91 Å². The molecule has 5 rings (SSSR count). The standard InChI is InChI=1S/C29H29ClFN5O2/c1-2-25-28(36-19-22(30)7-12-26(36)33-25)29(38)32-18-21-5-10-24(11-6-21)34-13-15-35(16-14-34)27(37)17-20-3-8-23(31)9-4-20/h3-12,19H,2,13-18H2,1H3,(H,32,38). The number of hydrogen-bond acceptors (Lipinski definition) is 4. The third-order valence-corrected chi connectivity index (χ3v) is 7.08. The lowest BCUT2D eigenvalue weighted by molar-refractivity contribution is -0.130. The number of hydrogen-bond donors (Lipinski definition) is 1. The van der Waals surface area contributed by atoms with E-state index in [1.807, 2.05) is 36.1 Å². The molecule has 38 heavy (non-hydrogen) atoms. The number of amides is 2. The zero-order valence-electron chi connectivity index (χ0n) is 21.2. The maximum Gasteiger partial charge on any atom is 0.270 e. The second-order valence-corrected chi connectivity index (χ2v) is 9.79. The summed E-state index contributed by atoms with van der Waals surface area (Å²) in [5.74, 6) is -0.435. The molecule has 1 fully saturated rings. The minimum Gasteiger partial charge on any atom is -0.368 e. The fourth-order valence-electron chi connectivity index (χ4n) is 4.75. The van der Waals surface area contributed by atoms with Gasteiger partial charge in [-0.25, -0.2) is 9.37 Å². The third-order valence-electron chi connectivity index (χ3n) is 6.86. The second kappa shape index (κ2) is 11.2. The average Bonchev–Trinajstić information content (AvgIpc) is 3.31. The number of piperazine rings is 1. The summed E-state index contributed by atoms with van der Waals surface area (Å²) in [6.07, 6.45) is 2.63. The van der Waals surface area contributed by atoms with Gasteiger partial charge in [0.05, 0.1) is 17.1 Å². The van der Waals surface area contributed by atoms with E-state index in [2.05, 4.69) is 15.2 Å². The number of nitrogens with zero attached hydrogens (tertiary/aromatic N) is 4. The highest BCUT2D eigenvalue weighted by atomic mass is 35.5. The van der Waals surface area contributed by atoms with E-state index >= 15 is 0 Å². The number of aromatic nitrogens is 2. The number of fused-ring (bicyclic) bond motifs is 1. The minimum atomic E-state index is -0.300. The molecule has 9 heteroatoms. The van der Waals surface area contributed by atoms with E-state index in [1.54, 1.807) is 34.9 Å². The van der Waals surface area contributed by atoms with Crippen LogP contribution in [0.25, 0.3) is 5.65 Å². The van der Waals surface area contributed by atoms with Crippen LogP contribution in [0.3, 0.4) is 0 Å². The summed E-state index contributed by atoms with van der Waals surface area (Å²) in [7, 11) is 0. The molecule has 2 amide bonds. The number of halogens is 2. The van der Waals surface area contributed by atoms with Gasteiger partial charge in [0.25, 0.3) is 5.91 Å². The van der Waals surface area contributed by atoms with Gasteiger partial charge in [-0.15, -0.1) is 0 Å². The van der Waals surface area contributed by atoms with Crippen molar-refractivity contribution in [2.45, 2.75) is 26.3 Å². The molecule has 2 aromatic heterocycles. The van der Waals surface area contributed by atoms with E-state index in [9.17, 15) is 14.0 Å². The quantitative estimate of drug-likeness (QED) is 0.379. The maximum atomic E-state index is 13.1. The van der Waals surface area contributed by atoms with Crippen molar-refractivity contribution < 1.29 is 14.0 Å². The maximum absolute atomic E-state index is 13.1. The molecule has 2 aromatic carbocycles. The number of carbonyl (C=O) groups excluding carboxylic acids is 2. The van der Waals surface area contributed by atoms with Crippen molar-refractivity contribution in [3.05, 3.63) is 100 Å². The van der Waals surface area contributed by atoms with E-state index in [-0.39, 0.29) is 24.1 Å². The van der Waals surface area contributed by atoms with Crippen molar-refractivity contribution in [3.8, 4) is 0 Å². The molecule has 0 atom stereocenters. The van der Waals surface area contributed by atoms with E-state index < -0.39 is 0 Å². The van der Waals surface area contributed by atoms with Crippen LogP contribution in [0.15, 0.2) is 66.9 Å². The van der Waals surface area contributed by atoms with Crippen LogP contribution in [0.2, 0.25) is 5.02 Å². The highest BCUT2D eigenvalue weighted by Gasteiger charge is 2.22. The molecule has 0 radical (unpaired) electrons. The molecule has 3 heterocycles. The largest absolute Gasteiger partial charge is 0.368 e. The molecule has 196 valence electrons. The van der Waals surface area contributed by atoms with Crippen molar-refractivity contribution in [2.75, 3.05) is 31.1 Å². The smallest absolute Gasteiger partial charge is 0.270 e. The summed E-state index contributed by atoms with van der Waals surface area (Å²) >= 11 is 6.15. The van der Waals surface area contributed by atoms with Crippen molar-refractivity contribution in [2.24, 2.45) is 0 Å². The van der Waals surface area contributed by atoms with Crippen molar-refractivity contribution >= 4 is 34.7 Å². The van der Waals surface area contributed by atoms with Gasteiger partial charge in [0.1, 0.15) is 17.2 Å². The molecule has 1 saturated heterocycles. The zero-order valence-corrected chi connectivity index (χ0v) is 21.9. The number of benzene rings is 2. The van der Waals surface area contributed by atoms with Crippen molar-refractivity contribution in [3.63, 3.8) is 0 Å². The van der Waals surface area contributed by atoms with E-state index in [0.29, 0.717) is 42.4 Å². The number of carbonyl (C=O) groups is 2. The van der Waals surface area contributed by atoms with Gasteiger partial charge in [-0.3, -0.25) is 14.0 Å². The lowest BCUT2D eigenvalue weighted by Crippen LogP contribution is -2.49. The Morgan fingerprint density at radius 1 is 0.947 bits per heavy atom. The normalized spacial score (nSPS) is 13.7. The molecule has 0 bridgehead atoms. The Morgan fingerprint density at radius 2 is 1.63 bits per heavy atom. The van der Waals surface area contributed by atoms with Crippen LogP contribution in [-0.4, -0.2) is 52.3 Å². The van der Waals surface area contributed by atoms with Crippen LogP contribution in [-0.2, 0) is 24.2 Å². The number of nitrogens with one attached hydrogen (secondary N) is 1. The highest BCUT2D eigenvalue weighted by Crippen LogP contribution is 2.20. The Hall–Kier alpha value is -3.91. The van der Waals surface area contributed by atoms with E-state index in [4.69, 9.17) is 11.6 Å². The van der Waals surface area contributed by atoms with Crippen molar-refractivity contribution in [1.29, 1.82) is 0 Å². The molecule has 4 aromatic rings. The molecule has 1 N–H and O–H groups in total. The summed E-state index contributed by atoms with van der Waals surface area (Å²) in [5.41, 5.74) is 4.81. The predicted molar refractivity (Wildman–Crippen MR) is 146 cm³/mol. The summed E-state index contributed by atoms with van der Waals surface area (Å²) < 4.78 is 14.8. The van der Waals surface area contributed by atoms with Crippen LogP contribution in [0.4, 0.5) is 10.1 Å². The second-order valence-electron chi connectivity index (χ2n) is 9.36. The Bertz CT molecular complexity index is 1440. The number of aryl methyl sites for hydroxylation is 1. The van der Waals surface area contributed by atoms with Gasteiger partial charge >= 0.3 is 0 Å². The molecular weight excluding hydrogens is 505 g/mol. The van der Waals surface area contributed by atoms with Gasteiger partial charge in [-0.1, -0.05) is 42.8 Å². The highest BCUT2D eigenvalue weighted by molar-refractivity contribution is 6.30. The first-order valence-electron chi connectivity index (χ1n) is 12.7. The summed E-state index contributed by atoms with van der Waals surface area (Å²) in [6.45, 7) is 5.12. The zero-order chi connectivity index (χ0) is 26.6. The van der Waals surface area contributed by atoms with E-state index in [0.717, 1.165) is 35.6 Å². The minimum absolute atomic E-state index is 0.0572. The van der Waals surface area contributed by atoms with Gasteiger partial charge < -0.3 is 15.1 Å². The van der Waals surface area contributed by atoms with E-state index in [1.165, 1.54) is 12.1 Å². The lowest BCUT2D eigenvalue weighted by Gasteiger charge is -2.36. The average molecular weight is 534 g/mol. The Morgan fingerprint density at radius 3 is 2.32 bits per heavy atom. The van der Waals surface area contributed by atoms with Gasteiger partial charge in [-0.05, 0) is 53.9 Å². The summed E-state index contributed by atoms with van der Waals surface area (Å²) in [4.78, 5) is 34.4. The first kappa shape index (κ1) is 25.7. The number of pyridine rings is 1. The molecule has 0 spiro atoms. The first-order chi connectivity index (χ1) is 18.4. The Balaban J connectivity index is 1.15. The molecule has 0 unspecified atom stereocenters. The van der Waals surface area contributed by atoms with Gasteiger partial charge in [0, 0.05) is 44.6 Å². The fraction of sp³-hybridized carbons (Fsp3) is 0.276. The fourth-order valence-corrected chi connectivity index (χ4v) is 4.91. The van der Waals surface area contributed by atoms with Crippen LogP contribution >= 0.6 is 11.6 Å². The number of anilines is 1. The lowest BCUT2D eigenvalue weighted by atomic mass is 10.1. The molecule has 7 nitrogen and oxygen atoms in total. The summed E-state index contributed by atoms with van der Waals surface area (Å²) in [6, 6.07) is 17.7. The van der Waals surface area contributed by atoms with Crippen LogP contribution in [0.1, 0.15) is 34.2 Å². The topological polar surface area (TPSA) is 70.0 Å². The van der Waals surface area contributed by atoms with Gasteiger partial charge in [0.15, 0.2) is 0 Å². The molecule has 1 aliphatic heterocycles. The molecule has 1 aliphatic rings. The molecule has 0 aliphatic carbocycles. The Labute approximate surface area is 225 Å². The van der Waals surface area contributed by atoms with Gasteiger partial charge in [-0.2, -0.15) is 0 Å². The van der Waals surface area contributed by atoms with Crippen LogP contribution in [0.5, 0.6) is 0 Å².